The summed E-state index contributed by atoms with van der Waals surface area (Å²) in [6.07, 6.45) is 10.7. The lowest BCUT2D eigenvalue weighted by molar-refractivity contribution is -0.145. The Morgan fingerprint density at radius 1 is 0.980 bits per heavy atom. The van der Waals surface area contributed by atoms with Crippen LogP contribution in [0, 0.1) is 35.0 Å². The summed E-state index contributed by atoms with van der Waals surface area (Å²) in [6, 6.07) is -3.77. The first-order valence-corrected chi connectivity index (χ1v) is 19.9. The standard InChI is InChI=1S/C37H61N5O7S/c1-11-13-18-25(28(43)31(45)38-21-14-12-2)39-30(44)27-26-24(36(26,9)10)22-42(27)32(46)29(34(3,4)5)40-33(47)41-37(19-16-15-17-20-37)23-50(48,49)35(6,7)8/h1,24-27,29H,12-23H2,2-10H3,(H,38,45)(H,39,44)(H2,40,41,47)/t24-,25?,26-,27-,29+/m0/s1. The Labute approximate surface area is 299 Å². The van der Waals surface area contributed by atoms with Crippen LogP contribution < -0.4 is 21.3 Å². The molecule has 2 saturated carbocycles. The summed E-state index contributed by atoms with van der Waals surface area (Å²) >= 11 is 0. The van der Waals surface area contributed by atoms with Gasteiger partial charge < -0.3 is 26.2 Å². The highest BCUT2D eigenvalue weighted by Gasteiger charge is 2.70. The number of nitrogens with zero attached hydrogens (tertiary/aromatic N) is 1. The summed E-state index contributed by atoms with van der Waals surface area (Å²) in [5.41, 5.74) is -1.98. The van der Waals surface area contributed by atoms with Gasteiger partial charge in [0.05, 0.1) is 22.1 Å². The van der Waals surface area contributed by atoms with Crippen molar-refractivity contribution >= 4 is 39.4 Å². The van der Waals surface area contributed by atoms with Crippen molar-refractivity contribution in [3.63, 3.8) is 0 Å². The number of carbonyl (C=O) groups is 5. The first-order chi connectivity index (χ1) is 23.0. The number of terminal acetylenes is 1. The van der Waals surface area contributed by atoms with Crippen molar-refractivity contribution in [1.82, 2.24) is 26.2 Å². The van der Waals surface area contributed by atoms with Crippen molar-refractivity contribution in [3.8, 4) is 12.3 Å². The molecule has 3 rings (SSSR count). The van der Waals surface area contributed by atoms with E-state index in [0.29, 0.717) is 32.4 Å². The van der Waals surface area contributed by atoms with Crippen LogP contribution in [0.5, 0.6) is 0 Å². The summed E-state index contributed by atoms with van der Waals surface area (Å²) in [7, 11) is -3.57. The molecule has 0 radical (unpaired) electrons. The monoisotopic (exact) mass is 719 g/mol. The van der Waals surface area contributed by atoms with Gasteiger partial charge in [-0.05, 0) is 69.1 Å². The van der Waals surface area contributed by atoms with Gasteiger partial charge in [0.25, 0.3) is 5.91 Å². The van der Waals surface area contributed by atoms with E-state index in [0.717, 1.165) is 25.7 Å². The van der Waals surface area contributed by atoms with Crippen molar-refractivity contribution in [2.45, 2.75) is 149 Å². The van der Waals surface area contributed by atoms with Gasteiger partial charge in [0.15, 0.2) is 9.84 Å². The third-order valence-corrected chi connectivity index (χ3v) is 13.8. The van der Waals surface area contributed by atoms with E-state index in [1.165, 1.54) is 4.90 Å². The van der Waals surface area contributed by atoms with Crippen molar-refractivity contribution in [2.75, 3.05) is 18.8 Å². The molecule has 3 fully saturated rings. The van der Waals surface area contributed by atoms with E-state index in [4.69, 9.17) is 6.42 Å². The zero-order chi connectivity index (χ0) is 37.9. The lowest BCUT2D eigenvalue weighted by Gasteiger charge is -2.41. The van der Waals surface area contributed by atoms with Gasteiger partial charge in [-0.3, -0.25) is 19.2 Å². The zero-order valence-corrected chi connectivity index (χ0v) is 32.5. The molecule has 1 saturated heterocycles. The number of ketones is 1. The van der Waals surface area contributed by atoms with Crippen molar-refractivity contribution < 1.29 is 32.4 Å². The Morgan fingerprint density at radius 2 is 1.60 bits per heavy atom. The molecule has 1 unspecified atom stereocenters. The fourth-order valence-electron chi connectivity index (χ4n) is 7.53. The third kappa shape index (κ3) is 9.39. The molecule has 13 heteroatoms. The second kappa shape index (κ2) is 15.6. The van der Waals surface area contributed by atoms with Crippen LogP contribution in [0.3, 0.4) is 0 Å². The van der Waals surface area contributed by atoms with Crippen LogP contribution in [-0.4, -0.2) is 90.1 Å². The van der Waals surface area contributed by atoms with Crippen molar-refractivity contribution in [2.24, 2.45) is 22.7 Å². The fraction of sp³-hybridized carbons (Fsp3) is 0.811. The molecular formula is C37H61N5O7S. The molecule has 4 N–H and O–H groups in total. The van der Waals surface area contributed by atoms with Crippen LogP contribution >= 0.6 is 0 Å². The maximum absolute atomic E-state index is 14.4. The number of carbonyl (C=O) groups excluding carboxylic acids is 5. The lowest BCUT2D eigenvalue weighted by atomic mass is 9.83. The molecule has 0 bridgehead atoms. The van der Waals surface area contributed by atoms with E-state index >= 15 is 0 Å². The highest BCUT2D eigenvalue weighted by Crippen LogP contribution is 2.65. The van der Waals surface area contributed by atoms with Crippen LogP contribution in [0.4, 0.5) is 4.79 Å². The lowest BCUT2D eigenvalue weighted by Crippen LogP contribution is -2.64. The Morgan fingerprint density at radius 3 is 2.14 bits per heavy atom. The van der Waals surface area contributed by atoms with E-state index < -0.39 is 73.2 Å². The van der Waals surface area contributed by atoms with Crippen LogP contribution in [0.1, 0.15) is 120 Å². The van der Waals surface area contributed by atoms with E-state index in [1.54, 1.807) is 20.8 Å². The summed E-state index contributed by atoms with van der Waals surface area (Å²) in [5.74, 6) is -0.458. The maximum atomic E-state index is 14.4. The number of piperidine rings is 1. The number of sulfone groups is 1. The molecule has 0 spiro atoms. The summed E-state index contributed by atoms with van der Waals surface area (Å²) in [6.45, 7) is 17.1. The minimum atomic E-state index is -3.57. The predicted molar refractivity (Wildman–Crippen MR) is 193 cm³/mol. The highest BCUT2D eigenvalue weighted by molar-refractivity contribution is 7.92. The summed E-state index contributed by atoms with van der Waals surface area (Å²) < 4.78 is 25.6. The number of amides is 5. The first kappa shape index (κ1) is 41.3. The van der Waals surface area contributed by atoms with E-state index in [-0.39, 0.29) is 35.8 Å². The molecule has 50 heavy (non-hydrogen) atoms. The van der Waals surface area contributed by atoms with Crippen molar-refractivity contribution in [1.29, 1.82) is 0 Å². The smallest absolute Gasteiger partial charge is 0.315 e. The second-order valence-electron chi connectivity index (χ2n) is 17.3. The Balaban J connectivity index is 1.85. The molecule has 12 nitrogen and oxygen atoms in total. The number of rotatable bonds is 14. The number of fused-ring (bicyclic) bond motifs is 1. The summed E-state index contributed by atoms with van der Waals surface area (Å²) in [4.78, 5) is 69.6. The van der Waals surface area contributed by atoms with Crippen LogP contribution in [0.15, 0.2) is 0 Å². The van der Waals surface area contributed by atoms with Crippen LogP contribution in [-0.2, 0) is 29.0 Å². The van der Waals surface area contributed by atoms with Gasteiger partial charge in [0.1, 0.15) is 12.1 Å². The van der Waals surface area contributed by atoms with Gasteiger partial charge in [-0.25, -0.2) is 13.2 Å². The molecule has 3 aliphatic rings. The van der Waals surface area contributed by atoms with Gasteiger partial charge >= 0.3 is 6.03 Å². The molecule has 0 aromatic heterocycles. The van der Waals surface area contributed by atoms with E-state index in [1.807, 2.05) is 41.5 Å². The van der Waals surface area contributed by atoms with Gasteiger partial charge in [-0.2, -0.15) is 0 Å². The largest absolute Gasteiger partial charge is 0.349 e. The Kier molecular flexibility index (Phi) is 12.9. The summed E-state index contributed by atoms with van der Waals surface area (Å²) in [5, 5.41) is 11.2. The number of unbranched alkanes of at least 4 members (excludes halogenated alkanes) is 1. The topological polar surface area (TPSA) is 171 Å². The molecular weight excluding hydrogens is 659 g/mol. The molecule has 5 atom stereocenters. The molecule has 0 aromatic carbocycles. The fourth-order valence-corrected chi connectivity index (χ4v) is 9.05. The predicted octanol–water partition coefficient (Wildman–Crippen LogP) is 3.48. The Bertz CT molecular complexity index is 1450. The normalized spacial score (nSPS) is 23.8. The minimum absolute atomic E-state index is 0.0296. The maximum Gasteiger partial charge on any atom is 0.315 e. The van der Waals surface area contributed by atoms with Crippen LogP contribution in [0.2, 0.25) is 0 Å². The van der Waals surface area contributed by atoms with Gasteiger partial charge in [0.2, 0.25) is 17.6 Å². The third-order valence-electron chi connectivity index (χ3n) is 11.0. The second-order valence-corrected chi connectivity index (χ2v) is 20.0. The first-order valence-electron chi connectivity index (χ1n) is 18.2. The molecule has 1 aliphatic heterocycles. The van der Waals surface area contributed by atoms with E-state index in [9.17, 15) is 32.4 Å². The number of nitrogens with one attached hydrogen (secondary N) is 4. The Hall–Kier alpha value is -3.14. The van der Waals surface area contributed by atoms with E-state index in [2.05, 4.69) is 27.2 Å². The highest BCUT2D eigenvalue weighted by atomic mass is 32.2. The number of hydrogen-bond donors (Lipinski definition) is 4. The molecule has 5 amide bonds. The number of Topliss-reactive ketones (excluding diaryl/α,β-unsaturated/α-hetero) is 1. The SMILES string of the molecule is C#CCCC(NC(=O)[C@@H]1[C@@H]2[C@H](CN1C(=O)[C@@H](NC(=O)NC1(CS(=O)(=O)C(C)(C)C)CCCCC1)C(C)(C)C)C2(C)C)C(=O)C(=O)NCCCC. The molecule has 0 aromatic rings. The zero-order valence-electron chi connectivity index (χ0n) is 31.7. The average molecular weight is 720 g/mol. The molecule has 1 heterocycles. The van der Waals surface area contributed by atoms with Gasteiger partial charge in [-0.15, -0.1) is 12.3 Å². The van der Waals surface area contributed by atoms with Gasteiger partial charge in [0, 0.05) is 19.5 Å². The van der Waals surface area contributed by atoms with Gasteiger partial charge in [-0.1, -0.05) is 67.2 Å². The number of hydrogen-bond acceptors (Lipinski definition) is 7. The van der Waals surface area contributed by atoms with Crippen LogP contribution in [0.25, 0.3) is 0 Å². The minimum Gasteiger partial charge on any atom is -0.349 e. The van der Waals surface area contributed by atoms with Crippen molar-refractivity contribution in [3.05, 3.63) is 0 Å². The quantitative estimate of drug-likeness (QED) is 0.121. The molecule has 282 valence electrons. The number of urea groups is 1. The molecule has 2 aliphatic carbocycles. The average Bonchev–Trinajstić information content (AvgIpc) is 3.31. The number of likely N-dealkylation sites (tertiary alicyclic amines) is 1.